The molecule has 5 rings (SSSR count). The average Bonchev–Trinajstić information content (AvgIpc) is 3.65. The zero-order valence-electron chi connectivity index (χ0n) is 22.3. The molecule has 0 aliphatic heterocycles. The van der Waals surface area contributed by atoms with Gasteiger partial charge in [0.25, 0.3) is 5.56 Å². The van der Waals surface area contributed by atoms with Gasteiger partial charge in [-0.25, -0.2) is 4.68 Å². The van der Waals surface area contributed by atoms with Gasteiger partial charge in [0.15, 0.2) is 5.82 Å². The van der Waals surface area contributed by atoms with Crippen LogP contribution in [0.15, 0.2) is 76.1 Å². The third kappa shape index (κ3) is 5.92. The maximum atomic E-state index is 13.7. The molecule has 2 aromatic carbocycles. The van der Waals surface area contributed by atoms with Gasteiger partial charge in [0, 0.05) is 24.7 Å². The van der Waals surface area contributed by atoms with E-state index in [2.05, 4.69) is 38.4 Å². The summed E-state index contributed by atoms with van der Waals surface area (Å²) in [5, 5.41) is 13.6. The third-order valence-corrected chi connectivity index (χ3v) is 6.80. The molecule has 202 valence electrons. The molecule has 0 amide bonds. The zero-order valence-corrected chi connectivity index (χ0v) is 22.3. The first-order valence-corrected chi connectivity index (χ1v) is 12.9. The van der Waals surface area contributed by atoms with E-state index in [1.165, 1.54) is 5.56 Å². The SMILES string of the molecule is CCc1ccc2[nH]c(=O)c(C(c3nnnn3CCOC)N(Cc3ccc(OC)cc3)Cc3ccco3)cc2c1. The second-order valence-electron chi connectivity index (χ2n) is 9.32. The summed E-state index contributed by atoms with van der Waals surface area (Å²) in [7, 11) is 3.28. The Hall–Kier alpha value is -4.28. The van der Waals surface area contributed by atoms with Gasteiger partial charge in [-0.05, 0) is 75.8 Å². The van der Waals surface area contributed by atoms with Gasteiger partial charge in [-0.3, -0.25) is 9.69 Å². The van der Waals surface area contributed by atoms with Gasteiger partial charge in [-0.15, -0.1) is 5.10 Å². The summed E-state index contributed by atoms with van der Waals surface area (Å²) in [5.74, 6) is 2.08. The minimum absolute atomic E-state index is 0.197. The number of nitrogens with one attached hydrogen (secondary N) is 1. The van der Waals surface area contributed by atoms with Crippen molar-refractivity contribution in [3.8, 4) is 5.75 Å². The van der Waals surface area contributed by atoms with Crippen molar-refractivity contribution in [2.75, 3.05) is 20.8 Å². The van der Waals surface area contributed by atoms with Crippen LogP contribution in [0.1, 0.15) is 41.2 Å². The lowest BCUT2D eigenvalue weighted by Gasteiger charge is -2.30. The minimum Gasteiger partial charge on any atom is -0.497 e. The second kappa shape index (κ2) is 12.1. The van der Waals surface area contributed by atoms with Gasteiger partial charge in [0.05, 0.1) is 33.1 Å². The van der Waals surface area contributed by atoms with E-state index < -0.39 is 6.04 Å². The third-order valence-electron chi connectivity index (χ3n) is 6.80. The second-order valence-corrected chi connectivity index (χ2v) is 9.32. The number of aromatic nitrogens is 5. The Morgan fingerprint density at radius 3 is 2.59 bits per heavy atom. The van der Waals surface area contributed by atoms with Crippen LogP contribution < -0.4 is 10.3 Å². The summed E-state index contributed by atoms with van der Waals surface area (Å²) >= 11 is 0. The fraction of sp³-hybridized carbons (Fsp3) is 0.310. The fourth-order valence-corrected chi connectivity index (χ4v) is 4.75. The molecule has 0 radical (unpaired) electrons. The van der Waals surface area contributed by atoms with Crippen molar-refractivity contribution in [2.45, 2.75) is 39.0 Å². The van der Waals surface area contributed by atoms with E-state index in [1.54, 1.807) is 25.2 Å². The maximum Gasteiger partial charge on any atom is 0.253 e. The van der Waals surface area contributed by atoms with Gasteiger partial charge >= 0.3 is 0 Å². The van der Waals surface area contributed by atoms with E-state index in [4.69, 9.17) is 13.9 Å². The average molecular weight is 529 g/mol. The number of fused-ring (bicyclic) bond motifs is 1. The van der Waals surface area contributed by atoms with Crippen molar-refractivity contribution in [1.82, 2.24) is 30.1 Å². The van der Waals surface area contributed by atoms with E-state index in [0.717, 1.165) is 34.4 Å². The molecule has 0 spiro atoms. The predicted octanol–water partition coefficient (Wildman–Crippen LogP) is 4.12. The van der Waals surface area contributed by atoms with Crippen molar-refractivity contribution in [3.05, 3.63) is 106 Å². The largest absolute Gasteiger partial charge is 0.497 e. The zero-order chi connectivity index (χ0) is 27.2. The molecule has 10 heteroatoms. The molecular weight excluding hydrogens is 496 g/mol. The van der Waals surface area contributed by atoms with Crippen LogP contribution >= 0.6 is 0 Å². The van der Waals surface area contributed by atoms with Gasteiger partial charge in [-0.1, -0.05) is 25.1 Å². The van der Waals surface area contributed by atoms with Crippen molar-refractivity contribution in [2.24, 2.45) is 0 Å². The monoisotopic (exact) mass is 528 g/mol. The smallest absolute Gasteiger partial charge is 0.253 e. The van der Waals surface area contributed by atoms with Gasteiger partial charge < -0.3 is 18.9 Å². The highest BCUT2D eigenvalue weighted by molar-refractivity contribution is 5.80. The number of hydrogen-bond donors (Lipinski definition) is 1. The van der Waals surface area contributed by atoms with Crippen LogP contribution in [0.2, 0.25) is 0 Å². The van der Waals surface area contributed by atoms with Gasteiger partial charge in [0.2, 0.25) is 0 Å². The molecule has 1 atom stereocenters. The van der Waals surface area contributed by atoms with E-state index in [9.17, 15) is 4.79 Å². The first kappa shape index (κ1) is 26.3. The van der Waals surface area contributed by atoms with E-state index in [-0.39, 0.29) is 5.56 Å². The Bertz CT molecular complexity index is 1560. The number of tetrazole rings is 1. The first-order chi connectivity index (χ1) is 19.1. The summed E-state index contributed by atoms with van der Waals surface area (Å²) in [4.78, 5) is 18.9. The van der Waals surface area contributed by atoms with Crippen LogP contribution in [0.3, 0.4) is 0 Å². The molecular formula is C29H32N6O4. The van der Waals surface area contributed by atoms with Crippen LogP contribution in [-0.4, -0.2) is 50.9 Å². The van der Waals surface area contributed by atoms with E-state index >= 15 is 0 Å². The standard InChI is InChI=1S/C29H32N6O4/c1-4-20-9-12-26-22(16-20)17-25(29(36)30-26)27(28-31-32-33-35(28)13-15-37-2)34(19-24-6-5-14-39-24)18-21-7-10-23(38-3)11-8-21/h5-12,14,16-17,27H,4,13,15,18-19H2,1-3H3,(H,30,36). The van der Waals surface area contributed by atoms with Crippen LogP contribution in [0.25, 0.3) is 10.9 Å². The Morgan fingerprint density at radius 2 is 1.87 bits per heavy atom. The lowest BCUT2D eigenvalue weighted by atomic mass is 10.0. The summed E-state index contributed by atoms with van der Waals surface area (Å²) in [6.45, 7) is 3.90. The van der Waals surface area contributed by atoms with E-state index in [1.807, 2.05) is 54.6 Å². The number of aryl methyl sites for hydroxylation is 1. The molecule has 3 aromatic heterocycles. The van der Waals surface area contributed by atoms with Crippen LogP contribution in [0.5, 0.6) is 5.75 Å². The molecule has 39 heavy (non-hydrogen) atoms. The number of aromatic amines is 1. The molecule has 0 bridgehead atoms. The Balaban J connectivity index is 1.67. The highest BCUT2D eigenvalue weighted by atomic mass is 16.5. The fourth-order valence-electron chi connectivity index (χ4n) is 4.75. The molecule has 0 fully saturated rings. The normalized spacial score (nSPS) is 12.3. The summed E-state index contributed by atoms with van der Waals surface area (Å²) < 4.78 is 18.1. The number of pyridine rings is 1. The Morgan fingerprint density at radius 1 is 1.05 bits per heavy atom. The molecule has 1 unspecified atom stereocenters. The number of furan rings is 1. The molecule has 1 N–H and O–H groups in total. The molecule has 0 aliphatic rings. The molecule has 0 aliphatic carbocycles. The topological polar surface area (TPSA) is 111 Å². The molecule has 3 heterocycles. The number of hydrogen-bond acceptors (Lipinski definition) is 8. The first-order valence-electron chi connectivity index (χ1n) is 12.9. The lowest BCUT2D eigenvalue weighted by Crippen LogP contribution is -2.35. The van der Waals surface area contributed by atoms with Crippen LogP contribution in [0, 0.1) is 0 Å². The van der Waals surface area contributed by atoms with E-state index in [0.29, 0.717) is 37.6 Å². The Labute approximate surface area is 226 Å². The predicted molar refractivity (Wildman–Crippen MR) is 146 cm³/mol. The van der Waals surface area contributed by atoms with Crippen LogP contribution in [-0.2, 0) is 30.8 Å². The van der Waals surface area contributed by atoms with Gasteiger partial charge in [-0.2, -0.15) is 0 Å². The number of benzene rings is 2. The maximum absolute atomic E-state index is 13.7. The van der Waals surface area contributed by atoms with Crippen molar-refractivity contribution < 1.29 is 13.9 Å². The van der Waals surface area contributed by atoms with Gasteiger partial charge in [0.1, 0.15) is 17.6 Å². The molecule has 0 saturated heterocycles. The van der Waals surface area contributed by atoms with Crippen LogP contribution in [0.4, 0.5) is 0 Å². The quantitative estimate of drug-likeness (QED) is 0.258. The minimum atomic E-state index is -0.581. The number of H-pyrrole nitrogens is 1. The Kier molecular flexibility index (Phi) is 8.14. The van der Waals surface area contributed by atoms with Crippen molar-refractivity contribution >= 4 is 10.9 Å². The molecule has 0 saturated carbocycles. The highest BCUT2D eigenvalue weighted by Gasteiger charge is 2.31. The summed E-state index contributed by atoms with van der Waals surface area (Å²) in [5.41, 5.74) is 3.36. The van der Waals surface area contributed by atoms with Crippen molar-refractivity contribution in [3.63, 3.8) is 0 Å². The number of methoxy groups -OCH3 is 2. The number of nitrogens with zero attached hydrogens (tertiary/aromatic N) is 5. The van der Waals surface area contributed by atoms with Crippen molar-refractivity contribution in [1.29, 1.82) is 0 Å². The number of rotatable bonds is 12. The number of ether oxygens (including phenoxy) is 2. The lowest BCUT2D eigenvalue weighted by molar-refractivity contribution is 0.163. The highest BCUT2D eigenvalue weighted by Crippen LogP contribution is 2.30. The molecule has 5 aromatic rings. The summed E-state index contributed by atoms with van der Waals surface area (Å²) in [6.07, 6.45) is 2.54. The molecule has 10 nitrogen and oxygen atoms in total. The summed E-state index contributed by atoms with van der Waals surface area (Å²) in [6, 6.07) is 19.1.